The van der Waals surface area contributed by atoms with E-state index in [9.17, 15) is 9.90 Å². The molecule has 0 fully saturated rings. The van der Waals surface area contributed by atoms with Gasteiger partial charge in [0.25, 0.3) is 5.91 Å². The van der Waals surface area contributed by atoms with Crippen molar-refractivity contribution < 1.29 is 9.90 Å². The molecule has 0 radical (unpaired) electrons. The maximum atomic E-state index is 12.5. The summed E-state index contributed by atoms with van der Waals surface area (Å²) in [5.74, 6) is -0.268. The van der Waals surface area contributed by atoms with Crippen LogP contribution in [-0.2, 0) is 17.8 Å². The number of nitrogens with two attached hydrogens (primary N) is 1. The van der Waals surface area contributed by atoms with Gasteiger partial charge in [0.05, 0.1) is 0 Å². The molecule has 0 aliphatic carbocycles. The highest BCUT2D eigenvalue weighted by molar-refractivity contribution is 5.82. The first-order chi connectivity index (χ1) is 10.2. The highest BCUT2D eigenvalue weighted by atomic mass is 16.3. The molecule has 1 heterocycles. The number of carbonyl (C=O) groups is 1. The van der Waals surface area contributed by atoms with E-state index in [0.29, 0.717) is 24.3 Å². The highest BCUT2D eigenvalue weighted by Gasteiger charge is 2.27. The first-order valence-electron chi connectivity index (χ1n) is 7.05. The Kier molecular flexibility index (Phi) is 3.62. The molecule has 0 aromatic heterocycles. The quantitative estimate of drug-likeness (QED) is 0.827. The van der Waals surface area contributed by atoms with Crippen LogP contribution in [0.2, 0.25) is 0 Å². The second-order valence-electron chi connectivity index (χ2n) is 5.31. The van der Waals surface area contributed by atoms with Crippen LogP contribution in [0.3, 0.4) is 0 Å². The lowest BCUT2D eigenvalue weighted by Gasteiger charge is -2.31. The normalized spacial score (nSPS) is 15.4. The number of nitrogens with zero attached hydrogens (tertiary/aromatic N) is 1. The minimum Gasteiger partial charge on any atom is -0.398 e. The fraction of sp³-hybridized carbons (Fsp3) is 0.235. The third-order valence-corrected chi connectivity index (χ3v) is 3.97. The minimum absolute atomic E-state index is 0.268. The van der Waals surface area contributed by atoms with Crippen molar-refractivity contribution >= 4 is 11.6 Å². The average Bonchev–Trinajstić information content (AvgIpc) is 2.54. The molecule has 3 rings (SSSR count). The monoisotopic (exact) mass is 282 g/mol. The van der Waals surface area contributed by atoms with Crippen molar-refractivity contribution in [3.05, 3.63) is 65.2 Å². The van der Waals surface area contributed by atoms with E-state index in [2.05, 4.69) is 0 Å². The van der Waals surface area contributed by atoms with Gasteiger partial charge < -0.3 is 15.7 Å². The molecule has 2 aromatic carbocycles. The van der Waals surface area contributed by atoms with Gasteiger partial charge in [0.15, 0.2) is 6.10 Å². The third-order valence-electron chi connectivity index (χ3n) is 3.97. The Hall–Kier alpha value is -2.33. The van der Waals surface area contributed by atoms with Crippen molar-refractivity contribution in [2.45, 2.75) is 19.1 Å². The van der Waals surface area contributed by atoms with Gasteiger partial charge in [-0.2, -0.15) is 0 Å². The molecule has 3 N–H and O–H groups in total. The smallest absolute Gasteiger partial charge is 0.256 e. The van der Waals surface area contributed by atoms with Gasteiger partial charge in [-0.3, -0.25) is 4.79 Å². The summed E-state index contributed by atoms with van der Waals surface area (Å²) in [5, 5.41) is 10.2. The topological polar surface area (TPSA) is 66.6 Å². The van der Waals surface area contributed by atoms with Crippen molar-refractivity contribution in [2.75, 3.05) is 12.3 Å². The number of anilines is 1. The van der Waals surface area contributed by atoms with Gasteiger partial charge in [0, 0.05) is 18.8 Å². The van der Waals surface area contributed by atoms with Crippen molar-refractivity contribution in [1.82, 2.24) is 4.90 Å². The molecule has 0 saturated carbocycles. The van der Waals surface area contributed by atoms with E-state index in [4.69, 9.17) is 5.73 Å². The number of aliphatic hydroxyl groups is 1. The first-order valence-corrected chi connectivity index (χ1v) is 7.05. The Morgan fingerprint density at radius 1 is 1.14 bits per heavy atom. The van der Waals surface area contributed by atoms with E-state index in [1.165, 1.54) is 5.56 Å². The molecule has 1 aliphatic heterocycles. The van der Waals surface area contributed by atoms with Gasteiger partial charge in [-0.05, 0) is 29.2 Å². The summed E-state index contributed by atoms with van der Waals surface area (Å²) in [5.41, 5.74) is 9.50. The van der Waals surface area contributed by atoms with Crippen LogP contribution in [0.5, 0.6) is 0 Å². The van der Waals surface area contributed by atoms with Crippen LogP contribution in [0.1, 0.15) is 22.8 Å². The largest absolute Gasteiger partial charge is 0.398 e. The fourth-order valence-electron chi connectivity index (χ4n) is 2.75. The molecule has 4 heteroatoms. The Morgan fingerprint density at radius 2 is 1.90 bits per heavy atom. The standard InChI is InChI=1S/C17H18N2O2/c18-15-8-4-7-12-9-10-19(11-14(12)15)17(21)16(20)13-5-2-1-3-6-13/h1-8,16,20H,9-11,18H2. The van der Waals surface area contributed by atoms with Crippen LogP contribution in [0.15, 0.2) is 48.5 Å². The lowest BCUT2D eigenvalue weighted by molar-refractivity contribution is -0.141. The summed E-state index contributed by atoms with van der Waals surface area (Å²) in [4.78, 5) is 14.1. The van der Waals surface area contributed by atoms with Crippen LogP contribution in [0.25, 0.3) is 0 Å². The van der Waals surface area contributed by atoms with E-state index in [0.717, 1.165) is 12.0 Å². The second-order valence-corrected chi connectivity index (χ2v) is 5.31. The number of benzene rings is 2. The van der Waals surface area contributed by atoms with E-state index in [-0.39, 0.29) is 5.91 Å². The molecule has 4 nitrogen and oxygen atoms in total. The van der Waals surface area contributed by atoms with Crippen molar-refractivity contribution in [1.29, 1.82) is 0 Å². The number of hydrogen-bond donors (Lipinski definition) is 2. The second kappa shape index (κ2) is 5.58. The maximum Gasteiger partial charge on any atom is 0.256 e. The summed E-state index contributed by atoms with van der Waals surface area (Å²) < 4.78 is 0. The van der Waals surface area contributed by atoms with Crippen LogP contribution in [0, 0.1) is 0 Å². The predicted molar refractivity (Wildman–Crippen MR) is 81.4 cm³/mol. The number of fused-ring (bicyclic) bond motifs is 1. The molecule has 2 aromatic rings. The molecule has 0 saturated heterocycles. The van der Waals surface area contributed by atoms with Gasteiger partial charge in [-0.15, -0.1) is 0 Å². The zero-order valence-electron chi connectivity index (χ0n) is 11.7. The molecule has 1 aliphatic rings. The molecule has 0 spiro atoms. The number of carbonyl (C=O) groups excluding carboxylic acids is 1. The molecule has 1 atom stereocenters. The zero-order chi connectivity index (χ0) is 14.8. The van der Waals surface area contributed by atoms with Gasteiger partial charge in [0.2, 0.25) is 0 Å². The van der Waals surface area contributed by atoms with Crippen LogP contribution >= 0.6 is 0 Å². The van der Waals surface area contributed by atoms with E-state index < -0.39 is 6.10 Å². The Balaban J connectivity index is 1.80. The average molecular weight is 282 g/mol. The van der Waals surface area contributed by atoms with Crippen LogP contribution in [0.4, 0.5) is 5.69 Å². The van der Waals surface area contributed by atoms with Gasteiger partial charge in [-0.1, -0.05) is 42.5 Å². The van der Waals surface area contributed by atoms with Crippen LogP contribution in [-0.4, -0.2) is 22.5 Å². The zero-order valence-corrected chi connectivity index (χ0v) is 11.7. The van der Waals surface area contributed by atoms with Gasteiger partial charge in [0.1, 0.15) is 0 Å². The SMILES string of the molecule is Nc1cccc2c1CN(C(=O)C(O)c1ccccc1)CC2. The fourth-order valence-corrected chi connectivity index (χ4v) is 2.75. The lowest BCUT2D eigenvalue weighted by Crippen LogP contribution is -2.39. The van der Waals surface area contributed by atoms with E-state index in [1.54, 1.807) is 17.0 Å². The minimum atomic E-state index is -1.11. The summed E-state index contributed by atoms with van der Waals surface area (Å²) in [6.45, 7) is 1.07. The Labute approximate surface area is 123 Å². The Morgan fingerprint density at radius 3 is 2.67 bits per heavy atom. The molecule has 1 amide bonds. The van der Waals surface area contributed by atoms with E-state index >= 15 is 0 Å². The van der Waals surface area contributed by atoms with Crippen molar-refractivity contribution in [3.63, 3.8) is 0 Å². The molecular formula is C17H18N2O2. The summed E-state index contributed by atoms with van der Waals surface area (Å²) in [7, 11) is 0. The van der Waals surface area contributed by atoms with Crippen molar-refractivity contribution in [3.8, 4) is 0 Å². The molecule has 0 bridgehead atoms. The van der Waals surface area contributed by atoms with Crippen molar-refractivity contribution in [2.24, 2.45) is 0 Å². The number of nitrogen functional groups attached to an aromatic ring is 1. The summed E-state index contributed by atoms with van der Waals surface area (Å²) in [6, 6.07) is 14.8. The Bertz CT molecular complexity index is 655. The number of hydrogen-bond acceptors (Lipinski definition) is 3. The van der Waals surface area contributed by atoms with Gasteiger partial charge in [-0.25, -0.2) is 0 Å². The van der Waals surface area contributed by atoms with E-state index in [1.807, 2.05) is 36.4 Å². The molecule has 1 unspecified atom stereocenters. The number of rotatable bonds is 2. The maximum absolute atomic E-state index is 12.5. The molecule has 21 heavy (non-hydrogen) atoms. The predicted octanol–water partition coefficient (Wildman–Crippen LogP) is 1.89. The number of aliphatic hydroxyl groups excluding tert-OH is 1. The summed E-state index contributed by atoms with van der Waals surface area (Å²) >= 11 is 0. The number of amides is 1. The first kappa shape index (κ1) is 13.6. The van der Waals surface area contributed by atoms with Gasteiger partial charge >= 0.3 is 0 Å². The molecule has 108 valence electrons. The summed E-state index contributed by atoms with van der Waals surface area (Å²) in [6.07, 6.45) is -0.342. The van der Waals surface area contributed by atoms with Crippen LogP contribution < -0.4 is 5.73 Å². The lowest BCUT2D eigenvalue weighted by atomic mass is 9.97. The molecular weight excluding hydrogens is 264 g/mol. The highest BCUT2D eigenvalue weighted by Crippen LogP contribution is 2.26. The third kappa shape index (κ3) is 2.62.